The number of hydrogen-bond donors (Lipinski definition) is 1. The zero-order valence-corrected chi connectivity index (χ0v) is 17.9. The van der Waals surface area contributed by atoms with E-state index in [0.717, 1.165) is 5.56 Å². The highest BCUT2D eigenvalue weighted by molar-refractivity contribution is 5.86. The number of esters is 1. The zero-order chi connectivity index (χ0) is 22.0. The van der Waals surface area contributed by atoms with Gasteiger partial charge in [-0.2, -0.15) is 0 Å². The minimum atomic E-state index is -0.703. The van der Waals surface area contributed by atoms with Crippen LogP contribution in [-0.2, 0) is 19.1 Å². The van der Waals surface area contributed by atoms with Crippen molar-refractivity contribution in [3.8, 4) is 11.5 Å². The molecule has 0 saturated carbocycles. The van der Waals surface area contributed by atoms with Gasteiger partial charge in [0.1, 0.15) is 0 Å². The Morgan fingerprint density at radius 2 is 1.83 bits per heavy atom. The molecule has 0 aliphatic heterocycles. The molecule has 8 nitrogen and oxygen atoms in total. The highest BCUT2D eigenvalue weighted by Crippen LogP contribution is 2.28. The summed E-state index contributed by atoms with van der Waals surface area (Å²) < 4.78 is 15.6. The standard InChI is InChI=1S/C21H30N2O6/c1-7-8-15-9-10-16(17(11-15)27-6)28-14-20(26)29-13-19(25)23(5)12-18(24)22-21(2,3)4/h7-11H,12-14H2,1-6H3,(H,22,24)/b8-7+. The first-order chi connectivity index (χ1) is 13.6. The molecule has 2 amide bonds. The first-order valence-electron chi connectivity index (χ1n) is 9.20. The minimum absolute atomic E-state index is 0.125. The van der Waals surface area contributed by atoms with E-state index in [9.17, 15) is 14.4 Å². The van der Waals surface area contributed by atoms with E-state index >= 15 is 0 Å². The third-order valence-corrected chi connectivity index (χ3v) is 3.57. The fourth-order valence-corrected chi connectivity index (χ4v) is 2.29. The van der Waals surface area contributed by atoms with Gasteiger partial charge in [-0.3, -0.25) is 9.59 Å². The molecule has 1 N–H and O–H groups in total. The molecule has 0 radical (unpaired) electrons. The smallest absolute Gasteiger partial charge is 0.344 e. The van der Waals surface area contributed by atoms with Crippen LogP contribution in [0.3, 0.4) is 0 Å². The Kier molecular flexibility index (Phi) is 9.18. The lowest BCUT2D eigenvalue weighted by atomic mass is 10.1. The van der Waals surface area contributed by atoms with E-state index in [4.69, 9.17) is 14.2 Å². The van der Waals surface area contributed by atoms with Gasteiger partial charge in [-0.25, -0.2) is 4.79 Å². The van der Waals surface area contributed by atoms with Crippen LogP contribution in [0.2, 0.25) is 0 Å². The molecule has 0 bridgehead atoms. The molecule has 0 fully saturated rings. The summed E-state index contributed by atoms with van der Waals surface area (Å²) in [5.41, 5.74) is 0.542. The number of carbonyl (C=O) groups is 3. The normalized spacial score (nSPS) is 11.1. The maximum Gasteiger partial charge on any atom is 0.344 e. The summed E-state index contributed by atoms with van der Waals surface area (Å²) in [4.78, 5) is 36.9. The lowest BCUT2D eigenvalue weighted by molar-refractivity contribution is -0.153. The quantitative estimate of drug-likeness (QED) is 0.631. The van der Waals surface area contributed by atoms with Gasteiger partial charge in [0.05, 0.1) is 13.7 Å². The molecule has 0 atom stereocenters. The van der Waals surface area contributed by atoms with E-state index in [2.05, 4.69) is 5.32 Å². The molecule has 0 heterocycles. The second-order valence-electron chi connectivity index (χ2n) is 7.41. The van der Waals surface area contributed by atoms with Crippen LogP contribution in [0.4, 0.5) is 0 Å². The van der Waals surface area contributed by atoms with Gasteiger partial charge >= 0.3 is 5.97 Å². The summed E-state index contributed by atoms with van der Waals surface area (Å²) in [7, 11) is 2.97. The monoisotopic (exact) mass is 406 g/mol. The van der Waals surface area contributed by atoms with Crippen molar-refractivity contribution in [3.63, 3.8) is 0 Å². The van der Waals surface area contributed by atoms with E-state index < -0.39 is 24.0 Å². The van der Waals surface area contributed by atoms with Gasteiger partial charge in [0, 0.05) is 12.6 Å². The van der Waals surface area contributed by atoms with Crippen molar-refractivity contribution in [3.05, 3.63) is 29.8 Å². The number of allylic oxidation sites excluding steroid dienone is 1. The van der Waals surface area contributed by atoms with Gasteiger partial charge < -0.3 is 24.4 Å². The number of nitrogens with zero attached hydrogens (tertiary/aromatic N) is 1. The molecule has 29 heavy (non-hydrogen) atoms. The van der Waals surface area contributed by atoms with Crippen LogP contribution in [0.15, 0.2) is 24.3 Å². The first kappa shape index (κ1) is 24.0. The highest BCUT2D eigenvalue weighted by Gasteiger charge is 2.19. The predicted molar refractivity (Wildman–Crippen MR) is 110 cm³/mol. The number of carbonyl (C=O) groups excluding carboxylic acids is 3. The number of amides is 2. The molecule has 0 saturated heterocycles. The largest absolute Gasteiger partial charge is 0.493 e. The van der Waals surface area contributed by atoms with Gasteiger partial charge in [0.2, 0.25) is 5.91 Å². The van der Waals surface area contributed by atoms with Gasteiger partial charge in [-0.1, -0.05) is 18.2 Å². The van der Waals surface area contributed by atoms with Crippen LogP contribution in [0.5, 0.6) is 11.5 Å². The maximum atomic E-state index is 12.0. The lowest BCUT2D eigenvalue weighted by Gasteiger charge is -2.23. The molecule has 0 unspecified atom stereocenters. The number of methoxy groups -OCH3 is 1. The van der Waals surface area contributed by atoms with E-state index in [1.54, 1.807) is 12.1 Å². The average Bonchev–Trinajstić information content (AvgIpc) is 2.63. The van der Waals surface area contributed by atoms with Gasteiger partial charge in [-0.05, 0) is 45.4 Å². The Morgan fingerprint density at radius 3 is 2.41 bits per heavy atom. The van der Waals surface area contributed by atoms with Crippen molar-refractivity contribution >= 4 is 23.9 Å². The van der Waals surface area contributed by atoms with Gasteiger partial charge in [-0.15, -0.1) is 0 Å². The number of likely N-dealkylation sites (N-methyl/N-ethyl adjacent to an activating group) is 1. The van der Waals surface area contributed by atoms with Crippen molar-refractivity contribution in [1.82, 2.24) is 10.2 Å². The van der Waals surface area contributed by atoms with E-state index in [1.165, 1.54) is 19.1 Å². The van der Waals surface area contributed by atoms with Crippen LogP contribution in [-0.4, -0.2) is 62.1 Å². The van der Waals surface area contributed by atoms with E-state index in [-0.39, 0.29) is 19.1 Å². The maximum absolute atomic E-state index is 12.0. The average molecular weight is 406 g/mol. The third kappa shape index (κ3) is 9.14. The third-order valence-electron chi connectivity index (χ3n) is 3.57. The first-order valence-corrected chi connectivity index (χ1v) is 9.20. The Bertz CT molecular complexity index is 752. The number of hydrogen-bond acceptors (Lipinski definition) is 6. The van der Waals surface area contributed by atoms with Crippen LogP contribution in [0, 0.1) is 0 Å². The summed E-state index contributed by atoms with van der Waals surface area (Å²) in [6, 6.07) is 5.29. The fraction of sp³-hybridized carbons (Fsp3) is 0.476. The minimum Gasteiger partial charge on any atom is -0.493 e. The van der Waals surface area contributed by atoms with Crippen LogP contribution in [0.25, 0.3) is 6.08 Å². The molecule has 1 aromatic carbocycles. The summed E-state index contributed by atoms with van der Waals surface area (Å²) in [6.07, 6.45) is 3.80. The Balaban J connectivity index is 2.47. The number of rotatable bonds is 9. The van der Waals surface area contributed by atoms with Crippen molar-refractivity contribution < 1.29 is 28.6 Å². The van der Waals surface area contributed by atoms with Crippen molar-refractivity contribution in [2.24, 2.45) is 0 Å². The molecule has 0 aliphatic rings. The molecule has 8 heteroatoms. The number of benzene rings is 1. The van der Waals surface area contributed by atoms with Crippen molar-refractivity contribution in [2.45, 2.75) is 33.2 Å². The molecule has 1 aromatic rings. The zero-order valence-electron chi connectivity index (χ0n) is 17.9. The lowest BCUT2D eigenvalue weighted by Crippen LogP contribution is -2.47. The van der Waals surface area contributed by atoms with E-state index in [0.29, 0.717) is 11.5 Å². The van der Waals surface area contributed by atoms with Crippen LogP contribution in [0.1, 0.15) is 33.3 Å². The Hall–Kier alpha value is -3.03. The van der Waals surface area contributed by atoms with Gasteiger partial charge in [0.25, 0.3) is 5.91 Å². The topological polar surface area (TPSA) is 94.2 Å². The van der Waals surface area contributed by atoms with Gasteiger partial charge in [0.15, 0.2) is 24.7 Å². The van der Waals surface area contributed by atoms with Crippen molar-refractivity contribution in [1.29, 1.82) is 0 Å². The number of nitrogens with one attached hydrogen (secondary N) is 1. The molecule has 160 valence electrons. The summed E-state index contributed by atoms with van der Waals surface area (Å²) in [6.45, 7) is 6.47. The summed E-state index contributed by atoms with van der Waals surface area (Å²) >= 11 is 0. The second kappa shape index (κ2) is 11.1. The van der Waals surface area contributed by atoms with Crippen molar-refractivity contribution in [2.75, 3.05) is 33.9 Å². The number of ether oxygens (including phenoxy) is 3. The highest BCUT2D eigenvalue weighted by atomic mass is 16.6. The summed E-state index contributed by atoms with van der Waals surface area (Å²) in [5.74, 6) is -0.619. The Morgan fingerprint density at radius 1 is 1.14 bits per heavy atom. The van der Waals surface area contributed by atoms with E-state index in [1.807, 2.05) is 45.9 Å². The molecular weight excluding hydrogens is 376 g/mol. The Labute approximate surface area is 171 Å². The molecule has 0 aliphatic carbocycles. The van der Waals surface area contributed by atoms with Crippen LogP contribution >= 0.6 is 0 Å². The SMILES string of the molecule is C/C=C/c1ccc(OCC(=O)OCC(=O)N(C)CC(=O)NC(C)(C)C)c(OC)c1. The second-order valence-corrected chi connectivity index (χ2v) is 7.41. The molecule has 0 aromatic heterocycles. The van der Waals surface area contributed by atoms with Crippen LogP contribution < -0.4 is 14.8 Å². The molecule has 1 rings (SSSR count). The fourth-order valence-electron chi connectivity index (χ4n) is 2.29. The molecular formula is C21H30N2O6. The predicted octanol–water partition coefficient (Wildman–Crippen LogP) is 2.02. The molecule has 0 spiro atoms. The summed E-state index contributed by atoms with van der Waals surface area (Å²) in [5, 5.41) is 2.75.